The van der Waals surface area contributed by atoms with Crippen molar-refractivity contribution < 1.29 is 90.8 Å². The number of H-pyrrole nitrogens is 1. The van der Waals surface area contributed by atoms with Crippen molar-refractivity contribution in [1.29, 1.82) is 0 Å². The van der Waals surface area contributed by atoms with E-state index in [0.29, 0.717) is 137 Å². The number of carbonyl (C=O) groups is 3. The van der Waals surface area contributed by atoms with Gasteiger partial charge in [0.1, 0.15) is 35.1 Å². The number of benzene rings is 6. The zero-order chi connectivity index (χ0) is 105. The van der Waals surface area contributed by atoms with Crippen LogP contribution in [-0.4, -0.2) is 188 Å². The second-order valence-electron chi connectivity index (χ2n) is 38.6. The number of halogens is 14. The molecule has 18 rings (SSSR count). The van der Waals surface area contributed by atoms with Crippen LogP contribution < -0.4 is 25.3 Å². The number of fused-ring (bicyclic) bond motifs is 3. The number of aromatic nitrogens is 9. The van der Waals surface area contributed by atoms with E-state index >= 15 is 4.39 Å². The Hall–Kier alpha value is -12.1. The minimum atomic E-state index is -4.52. The van der Waals surface area contributed by atoms with Gasteiger partial charge in [-0.05, 0) is 324 Å². The Bertz CT molecular complexity index is 6530. The number of morpholine rings is 1. The van der Waals surface area contributed by atoms with Crippen LogP contribution in [0, 0.1) is 42.7 Å². The van der Waals surface area contributed by atoms with E-state index < -0.39 is 79.2 Å². The van der Waals surface area contributed by atoms with E-state index in [1.54, 1.807) is 165 Å². The molecule has 780 valence electrons. The second kappa shape index (κ2) is 51.2. The summed E-state index contributed by atoms with van der Waals surface area (Å²) in [6.07, 6.45) is 2.90. The summed E-state index contributed by atoms with van der Waals surface area (Å²) < 4.78 is 198. The van der Waals surface area contributed by atoms with Crippen molar-refractivity contribution in [3.8, 4) is 11.8 Å². The smallest absolute Gasteiger partial charge is 0.407 e. The molecule has 37 heteroatoms. The summed E-state index contributed by atoms with van der Waals surface area (Å²) in [6, 6.07) is 52.7. The van der Waals surface area contributed by atoms with Crippen molar-refractivity contribution in [3.05, 3.63) is 277 Å². The van der Waals surface area contributed by atoms with Crippen LogP contribution in [0.3, 0.4) is 0 Å². The summed E-state index contributed by atoms with van der Waals surface area (Å²) in [7, 11) is 0. The highest BCUT2D eigenvalue weighted by atomic mass is 127. The summed E-state index contributed by atoms with van der Waals surface area (Å²) in [5.74, 6) is 5.22. The molecule has 12 heterocycles. The van der Waals surface area contributed by atoms with Gasteiger partial charge in [-0.1, -0.05) is 109 Å². The molecule has 6 aliphatic heterocycles. The van der Waals surface area contributed by atoms with Gasteiger partial charge in [0, 0.05) is 120 Å². The lowest BCUT2D eigenvalue weighted by atomic mass is 9.88. The fourth-order valence-corrected chi connectivity index (χ4v) is 19.1. The number of alkyl halides is 9. The first-order valence-electron chi connectivity index (χ1n) is 49.3. The predicted molar refractivity (Wildman–Crippen MR) is 561 cm³/mol. The van der Waals surface area contributed by atoms with E-state index in [0.717, 1.165) is 125 Å². The third-order valence-electron chi connectivity index (χ3n) is 25.0. The molecule has 12 aromatic rings. The van der Waals surface area contributed by atoms with E-state index in [2.05, 4.69) is 109 Å². The highest BCUT2D eigenvalue weighted by Gasteiger charge is 2.37. The summed E-state index contributed by atoms with van der Waals surface area (Å²) in [5.41, 5.74) is 4.09. The molecule has 147 heavy (non-hydrogen) atoms. The molecule has 0 radical (unpaired) electrons. The molecule has 2 unspecified atom stereocenters. The van der Waals surface area contributed by atoms with E-state index in [1.807, 2.05) is 80.3 Å². The van der Waals surface area contributed by atoms with Crippen LogP contribution in [0.5, 0.6) is 0 Å². The third kappa shape index (κ3) is 32.9. The molecule has 0 spiro atoms. The van der Waals surface area contributed by atoms with Crippen LogP contribution in [0.1, 0.15) is 202 Å². The lowest BCUT2D eigenvalue weighted by molar-refractivity contribution is -0.130. The molecule has 6 saturated heterocycles. The van der Waals surface area contributed by atoms with Crippen molar-refractivity contribution in [2.45, 2.75) is 205 Å². The van der Waals surface area contributed by atoms with Gasteiger partial charge < -0.3 is 53.9 Å². The van der Waals surface area contributed by atoms with Crippen molar-refractivity contribution in [2.75, 3.05) is 93.5 Å². The van der Waals surface area contributed by atoms with Crippen LogP contribution in [0.4, 0.5) is 79.7 Å². The average molecular weight is 2260 g/mol. The number of rotatable bonds is 19. The number of amides is 3. The molecule has 23 nitrogen and oxygen atoms in total. The fraction of sp³-hybridized carbons (Fsp3) is 0.409. The van der Waals surface area contributed by atoms with Gasteiger partial charge in [-0.2, -0.15) is 57.8 Å². The Labute approximate surface area is 873 Å². The number of anilines is 3. The monoisotopic (exact) mass is 2260 g/mol. The molecule has 6 aromatic heterocycles. The summed E-state index contributed by atoms with van der Waals surface area (Å²) in [4.78, 5) is 58.8. The lowest BCUT2D eigenvalue weighted by Crippen LogP contribution is -2.49. The molecule has 6 aliphatic rings. The van der Waals surface area contributed by atoms with E-state index in [4.69, 9.17) is 33.7 Å². The quantitative estimate of drug-likeness (QED) is 0.0224. The van der Waals surface area contributed by atoms with Gasteiger partial charge >= 0.3 is 30.7 Å². The molecule has 0 saturated carbocycles. The number of carbonyl (C=O) groups excluding carboxylic acids is 3. The maximum Gasteiger partial charge on any atom is 0.407 e. The Kier molecular flexibility index (Phi) is 38.5. The van der Waals surface area contributed by atoms with Crippen molar-refractivity contribution >= 4 is 136 Å². The Morgan fingerprint density at radius 2 is 0.939 bits per heavy atom. The molecule has 3 N–H and O–H groups in total. The molecule has 3 amide bonds. The fourth-order valence-electron chi connectivity index (χ4n) is 18.4. The molecule has 5 atom stereocenters. The van der Waals surface area contributed by atoms with E-state index in [1.165, 1.54) is 25.1 Å². The first-order valence-corrected chi connectivity index (χ1v) is 51.4. The SMILES string of the molecule is CC(C)(C)OC(=O)N[C@H]1CCCN(c2ccc(/C(=C(/CC(F)(F)F)c3ccccc3)c3ccc4c(c3)c(F)nn4C3CCCCO3)cn2)C1.CC(C)(C)OC(=O)N[C@H]1CCCN(c2ccc(I)cn2)C1.Fc1nn(C2CCCCO2)c2ccc(C#CCC(F)(F)F)cc12.Ic1ccccc1.O=C(/C=C/CC[C@H]1CCCN(c2ccc(/C(=C(/CC(F)(F)F)c3ccccc3)c3ccc4n[nH]c(F)c4c3)cn2)C1)N1CCOCC1. The van der Waals surface area contributed by atoms with Gasteiger partial charge in [0.15, 0.2) is 12.5 Å². The molecule has 0 bridgehead atoms. The van der Waals surface area contributed by atoms with Gasteiger partial charge in [-0.25, -0.2) is 33.9 Å². The maximum atomic E-state index is 15.4. The Balaban J connectivity index is 0.000000160. The molecule has 6 fully saturated rings. The first kappa shape index (κ1) is 111. The molecule has 0 aliphatic carbocycles. The molecular formula is C110H119F12I2N15O8. The number of ether oxygens (including phenoxy) is 5. The van der Waals surface area contributed by atoms with E-state index in [9.17, 15) is 62.7 Å². The molecular weight excluding hydrogens is 2140 g/mol. The van der Waals surface area contributed by atoms with Crippen LogP contribution in [-0.2, 0) is 28.5 Å². The predicted octanol–water partition coefficient (Wildman–Crippen LogP) is 25.7. The average Bonchev–Trinajstić information content (AvgIpc) is 1.70. The van der Waals surface area contributed by atoms with Crippen molar-refractivity contribution in [3.63, 3.8) is 0 Å². The number of hydrogen-bond donors (Lipinski definition) is 3. The lowest BCUT2D eigenvalue weighted by Gasteiger charge is -2.34. The van der Waals surface area contributed by atoms with Crippen LogP contribution >= 0.6 is 45.2 Å². The van der Waals surface area contributed by atoms with Gasteiger partial charge in [0.2, 0.25) is 23.8 Å². The van der Waals surface area contributed by atoms with Crippen LogP contribution in [0.2, 0.25) is 0 Å². The number of allylic oxidation sites excluding steroid dienone is 3. The zero-order valence-corrected chi connectivity index (χ0v) is 86.8. The van der Waals surface area contributed by atoms with E-state index in [-0.39, 0.29) is 57.6 Å². The van der Waals surface area contributed by atoms with Gasteiger partial charge in [-0.15, -0.1) is 10.2 Å². The summed E-state index contributed by atoms with van der Waals surface area (Å²) in [5, 5.41) is 20.8. The normalized spacial score (nSPS) is 18.4. The van der Waals surface area contributed by atoms with Crippen molar-refractivity contribution in [1.82, 2.24) is 60.2 Å². The molecule has 6 aromatic carbocycles. The first-order chi connectivity index (χ1) is 70.3. The van der Waals surface area contributed by atoms with Gasteiger partial charge in [0.25, 0.3) is 0 Å². The maximum absolute atomic E-state index is 15.4. The van der Waals surface area contributed by atoms with Crippen molar-refractivity contribution in [2.24, 2.45) is 5.92 Å². The largest absolute Gasteiger partial charge is 0.444 e. The highest BCUT2D eigenvalue weighted by Crippen LogP contribution is 2.45. The number of hydrogen-bond acceptors (Lipinski definition) is 17. The minimum Gasteiger partial charge on any atom is -0.444 e. The number of nitrogens with one attached hydrogen (secondary N) is 3. The number of alkyl carbamates (subject to hydrolysis) is 2. The van der Waals surface area contributed by atoms with Crippen LogP contribution in [0.25, 0.3) is 55.0 Å². The second-order valence-corrected chi connectivity index (χ2v) is 41.1. The number of nitrogens with zero attached hydrogens (tertiary/aromatic N) is 12. The Morgan fingerprint density at radius 1 is 0.476 bits per heavy atom. The van der Waals surface area contributed by atoms with Gasteiger partial charge in [0.05, 0.1) is 58.8 Å². The number of pyridine rings is 3. The number of aromatic amines is 1. The highest BCUT2D eigenvalue weighted by molar-refractivity contribution is 14.1. The third-order valence-corrected chi connectivity index (χ3v) is 26.4. The Morgan fingerprint density at radius 3 is 1.39 bits per heavy atom. The summed E-state index contributed by atoms with van der Waals surface area (Å²) in [6.45, 7) is 19.2. The zero-order valence-electron chi connectivity index (χ0n) is 82.5. The minimum absolute atomic E-state index is 0.0248. The standard InChI is InChI=1S/C37H41F4N5O3.C36H37F4N5O2.C16H14F4N2O.C15H22IN3O2.C6H5I/c1-36(2,3)49-35(47)43-27-12-9-18-45(23-27)31-17-15-26(22-42-31)33(29(21-37(39,40)41)24-10-5-4-6-11-24)25-14-16-30-28(20-25)34(38)44-46(30)32-13-7-8-19-48-32;37-35-29-21-27(12-14-31(29)42-43-35)34(30(22-36(38,39)40)26-9-2-1-3-10-26)28-13-15-32(41-23-28)45-16-6-8-25(24-45)7-4-5-11-33(46)44-17-19-47-20-18-44;17-15-12-10-11(4-3-8-16(18,19)20)6-7-13(12)22(21-15)14-5-1-2-9-23-14;1-15(2,3)21-14(20)18-12-5-4-8-19(10-12)13-7-6-11(16)9-17-13;7-6-4-2-1-3-5-6/h4-6,10-11,14-17,20,22,27,32H,7-9,12-13,18-19,21,23H2,1-3H3,(H,43,47);1-3,5,9-15,21,23,25H,4,6-8,16-20,22,24H2,(H,42,43);6-7,10,14H,1-2,5,8-9H2;6-7,9,12H,4-5,8,10H2,1-3H3,(H,18,20);1-5H/b33-29-;11-5+,34-30-;;;/t27-,32?;25-;;12-;/m00.0./s1. The summed E-state index contributed by atoms with van der Waals surface area (Å²) >= 11 is 4.52. The van der Waals surface area contributed by atoms with Crippen LogP contribution in [0.15, 0.2) is 213 Å². The number of piperidine rings is 3. The van der Waals surface area contributed by atoms with Gasteiger partial charge in [-0.3, -0.25) is 9.89 Å². The topological polar surface area (TPSA) is 237 Å².